The van der Waals surface area contributed by atoms with E-state index in [9.17, 15) is 14.4 Å². The van der Waals surface area contributed by atoms with Gasteiger partial charge in [-0.25, -0.2) is 9.59 Å². The molecule has 1 rings (SSSR count). The molecule has 0 aromatic heterocycles. The second kappa shape index (κ2) is 20.4. The van der Waals surface area contributed by atoms with Crippen LogP contribution >= 0.6 is 0 Å². The fourth-order valence-corrected chi connectivity index (χ4v) is 2.61. The topological polar surface area (TPSA) is 112 Å². The van der Waals surface area contributed by atoms with E-state index in [0.717, 1.165) is 18.4 Å². The standard InChI is InChI=1S/C12H24O2.C9H8O4.2Ag/c1-2-3-4-5-6-7-8-9-10-11-12(13)14;1-5-2-3-6(8(10)11)7(4-5)9(12)13;;/h2-11H2,1H3,(H,13,14);2-4H,1H3,(H,10,11)(H,12,13);;. The van der Waals surface area contributed by atoms with E-state index >= 15 is 0 Å². The molecular weight excluding hydrogens is 564 g/mol. The average molecular weight is 596 g/mol. The van der Waals surface area contributed by atoms with Crippen LogP contribution in [0.25, 0.3) is 0 Å². The van der Waals surface area contributed by atoms with Gasteiger partial charge in [-0.15, -0.1) is 0 Å². The Balaban J connectivity index is -0.000000437. The van der Waals surface area contributed by atoms with Gasteiger partial charge >= 0.3 is 17.9 Å². The summed E-state index contributed by atoms with van der Waals surface area (Å²) in [6.07, 6.45) is 11.5. The summed E-state index contributed by atoms with van der Waals surface area (Å²) in [5.41, 5.74) is 0.369. The maximum Gasteiger partial charge on any atom is 0.336 e. The van der Waals surface area contributed by atoms with Gasteiger partial charge in [-0.2, -0.15) is 0 Å². The van der Waals surface area contributed by atoms with Gasteiger partial charge < -0.3 is 15.3 Å². The van der Waals surface area contributed by atoms with Crippen LogP contribution < -0.4 is 0 Å². The molecule has 8 heteroatoms. The van der Waals surface area contributed by atoms with Gasteiger partial charge in [-0.1, -0.05) is 69.9 Å². The zero-order valence-corrected chi connectivity index (χ0v) is 19.9. The second-order valence-corrected chi connectivity index (χ2v) is 6.63. The molecule has 1 aromatic carbocycles. The van der Waals surface area contributed by atoms with Gasteiger partial charge in [0.1, 0.15) is 0 Å². The first-order chi connectivity index (χ1) is 12.8. The van der Waals surface area contributed by atoms with Crippen molar-refractivity contribution in [2.45, 2.75) is 78.1 Å². The first-order valence-corrected chi connectivity index (χ1v) is 9.58. The van der Waals surface area contributed by atoms with Crippen molar-refractivity contribution in [1.29, 1.82) is 0 Å². The number of hydrogen-bond acceptors (Lipinski definition) is 3. The van der Waals surface area contributed by atoms with E-state index in [0.29, 0.717) is 6.42 Å². The first kappa shape index (κ1) is 32.8. The van der Waals surface area contributed by atoms with Crippen LogP contribution in [0, 0.1) is 6.92 Å². The predicted molar refractivity (Wildman–Crippen MR) is 105 cm³/mol. The second-order valence-electron chi connectivity index (χ2n) is 6.63. The third kappa shape index (κ3) is 17.7. The van der Waals surface area contributed by atoms with Crippen molar-refractivity contribution in [2.24, 2.45) is 0 Å². The van der Waals surface area contributed by atoms with Crippen molar-refractivity contribution in [3.63, 3.8) is 0 Å². The Morgan fingerprint density at radius 3 is 1.59 bits per heavy atom. The Kier molecular flexibility index (Phi) is 23.0. The summed E-state index contributed by atoms with van der Waals surface area (Å²) >= 11 is 0. The van der Waals surface area contributed by atoms with Crippen LogP contribution in [0.3, 0.4) is 0 Å². The third-order valence-corrected chi connectivity index (χ3v) is 4.13. The number of benzene rings is 1. The van der Waals surface area contributed by atoms with Crippen LogP contribution in [0.1, 0.15) is 97.4 Å². The minimum Gasteiger partial charge on any atom is -0.481 e. The number of carbonyl (C=O) groups is 3. The SMILES string of the molecule is CCCCCCCCCCCC(=O)O.Cc1ccc(C(=O)O)c(C(=O)O)c1.[Ag].[Ag]. The summed E-state index contributed by atoms with van der Waals surface area (Å²) in [6, 6.07) is 4.20. The maximum absolute atomic E-state index is 10.6. The first-order valence-electron chi connectivity index (χ1n) is 9.58. The molecule has 0 aliphatic heterocycles. The zero-order valence-electron chi connectivity index (χ0n) is 17.0. The number of aliphatic carboxylic acids is 1. The van der Waals surface area contributed by atoms with Gasteiger partial charge in [0, 0.05) is 51.2 Å². The van der Waals surface area contributed by atoms with Crippen LogP contribution in [-0.4, -0.2) is 33.2 Å². The molecule has 0 heterocycles. The third-order valence-electron chi connectivity index (χ3n) is 4.13. The molecule has 174 valence electrons. The van der Waals surface area contributed by atoms with Crippen LogP contribution in [0.5, 0.6) is 0 Å². The fourth-order valence-electron chi connectivity index (χ4n) is 2.61. The van der Waals surface area contributed by atoms with Crippen LogP contribution in [0.15, 0.2) is 18.2 Å². The molecule has 3 N–H and O–H groups in total. The maximum atomic E-state index is 10.6. The molecule has 0 fully saturated rings. The molecule has 0 aliphatic rings. The Hall–Kier alpha value is -0.889. The normalized spacial score (nSPS) is 9.31. The minimum absolute atomic E-state index is 0. The van der Waals surface area contributed by atoms with E-state index in [2.05, 4.69) is 6.92 Å². The van der Waals surface area contributed by atoms with Crippen LogP contribution in [0.2, 0.25) is 0 Å². The van der Waals surface area contributed by atoms with E-state index in [4.69, 9.17) is 15.3 Å². The van der Waals surface area contributed by atoms with E-state index in [1.807, 2.05) is 0 Å². The van der Waals surface area contributed by atoms with Gasteiger partial charge in [0.2, 0.25) is 0 Å². The Bertz CT molecular complexity index is 605. The van der Waals surface area contributed by atoms with Crippen LogP contribution in [-0.2, 0) is 49.6 Å². The van der Waals surface area contributed by atoms with Gasteiger partial charge in [0.25, 0.3) is 0 Å². The summed E-state index contributed by atoms with van der Waals surface area (Å²) < 4.78 is 0. The van der Waals surface area contributed by atoms with E-state index in [1.54, 1.807) is 13.0 Å². The van der Waals surface area contributed by atoms with Crippen molar-refractivity contribution in [3.05, 3.63) is 34.9 Å². The number of hydrogen-bond donors (Lipinski definition) is 3. The molecule has 1 aromatic rings. The molecule has 0 amide bonds. The molecule has 6 nitrogen and oxygen atoms in total. The van der Waals surface area contributed by atoms with Crippen molar-refractivity contribution < 1.29 is 74.5 Å². The molecule has 0 bridgehead atoms. The van der Waals surface area contributed by atoms with Gasteiger partial charge in [0.05, 0.1) is 11.1 Å². The molecule has 2 radical (unpaired) electrons. The van der Waals surface area contributed by atoms with Crippen molar-refractivity contribution in [1.82, 2.24) is 0 Å². The average Bonchev–Trinajstić information content (AvgIpc) is 2.60. The van der Waals surface area contributed by atoms with E-state index < -0.39 is 17.9 Å². The summed E-state index contributed by atoms with van der Waals surface area (Å²) in [5.74, 6) is -3.11. The quantitative estimate of drug-likeness (QED) is 0.221. The summed E-state index contributed by atoms with van der Waals surface area (Å²) in [4.78, 5) is 31.4. The number of aromatic carboxylic acids is 2. The predicted octanol–water partition coefficient (Wildman–Crippen LogP) is 5.38. The van der Waals surface area contributed by atoms with Crippen molar-refractivity contribution in [3.8, 4) is 0 Å². The van der Waals surface area contributed by atoms with Gasteiger partial charge in [-0.3, -0.25) is 4.79 Å². The van der Waals surface area contributed by atoms with E-state index in [1.165, 1.54) is 57.1 Å². The molecule has 0 unspecified atom stereocenters. The zero-order chi connectivity index (χ0) is 20.7. The number of rotatable bonds is 12. The number of carboxylic acid groups (broad SMARTS) is 3. The summed E-state index contributed by atoms with van der Waals surface area (Å²) in [5, 5.41) is 25.7. The molecule has 0 saturated heterocycles. The summed E-state index contributed by atoms with van der Waals surface area (Å²) in [6.45, 7) is 3.93. The largest absolute Gasteiger partial charge is 0.481 e. The van der Waals surface area contributed by atoms with Crippen LogP contribution in [0.4, 0.5) is 0 Å². The minimum atomic E-state index is -1.22. The van der Waals surface area contributed by atoms with Gasteiger partial charge in [0.15, 0.2) is 0 Å². The van der Waals surface area contributed by atoms with Crippen molar-refractivity contribution in [2.75, 3.05) is 0 Å². The van der Waals surface area contributed by atoms with Crippen molar-refractivity contribution >= 4 is 17.9 Å². The molecule has 0 spiro atoms. The smallest absolute Gasteiger partial charge is 0.336 e. The summed E-state index contributed by atoms with van der Waals surface area (Å²) in [7, 11) is 0. The number of unbranched alkanes of at least 4 members (excludes halogenated alkanes) is 8. The monoisotopic (exact) mass is 594 g/mol. The Labute approximate surface area is 204 Å². The molecule has 29 heavy (non-hydrogen) atoms. The Morgan fingerprint density at radius 1 is 0.724 bits per heavy atom. The number of aryl methyl sites for hydroxylation is 1. The molecule has 0 saturated carbocycles. The number of carboxylic acids is 3. The van der Waals surface area contributed by atoms with Gasteiger partial charge in [-0.05, 0) is 25.5 Å². The Morgan fingerprint density at radius 2 is 1.17 bits per heavy atom. The van der Waals surface area contributed by atoms with E-state index in [-0.39, 0.29) is 55.9 Å². The molecule has 0 atom stereocenters. The fraction of sp³-hybridized carbons (Fsp3) is 0.571. The molecule has 0 aliphatic carbocycles. The molecular formula is C21H32Ag2O6.